The van der Waals surface area contributed by atoms with Crippen molar-refractivity contribution < 1.29 is 13.6 Å². The van der Waals surface area contributed by atoms with Crippen molar-refractivity contribution in [3.05, 3.63) is 54.4 Å². The number of nitrogens with two attached hydrogens (primary N) is 1. The van der Waals surface area contributed by atoms with Crippen LogP contribution in [0.4, 0.5) is 5.82 Å². The Morgan fingerprint density at radius 2 is 1.81 bits per heavy atom. The van der Waals surface area contributed by atoms with Crippen LogP contribution in [-0.2, 0) is 26.6 Å². The Bertz CT molecular complexity index is 1210. The lowest BCUT2D eigenvalue weighted by atomic mass is 10.1. The number of hydrogen-bond donors (Lipinski definition) is 1. The molecule has 8 nitrogen and oxygen atoms in total. The van der Waals surface area contributed by atoms with Gasteiger partial charge in [0.2, 0.25) is 0 Å². The van der Waals surface area contributed by atoms with Gasteiger partial charge in [-0.2, -0.15) is 0 Å². The van der Waals surface area contributed by atoms with E-state index < -0.39 is 7.60 Å². The van der Waals surface area contributed by atoms with Gasteiger partial charge in [-0.05, 0) is 38.0 Å². The van der Waals surface area contributed by atoms with Crippen molar-refractivity contribution in [1.82, 2.24) is 19.5 Å². The van der Waals surface area contributed by atoms with Crippen LogP contribution < -0.4 is 10.4 Å². The molecule has 0 aliphatic carbocycles. The maximum atomic E-state index is 13.2. The van der Waals surface area contributed by atoms with Gasteiger partial charge in [-0.3, -0.25) is 4.57 Å². The molecule has 2 N–H and O–H groups in total. The van der Waals surface area contributed by atoms with Crippen molar-refractivity contribution >= 4 is 40.5 Å². The van der Waals surface area contributed by atoms with Crippen LogP contribution >= 0.6 is 18.9 Å². The lowest BCUT2D eigenvalue weighted by Crippen LogP contribution is -2.06. The van der Waals surface area contributed by atoms with E-state index in [0.717, 1.165) is 11.3 Å². The lowest BCUT2D eigenvalue weighted by molar-refractivity contribution is 0.230. The van der Waals surface area contributed by atoms with Crippen LogP contribution in [0, 0.1) is 0 Å². The SMILES string of the molecule is CCOP(=O)(OCC)c1ccc(-c2nc3c(N)ncnc3n2CCc2ccccc2)s1. The van der Waals surface area contributed by atoms with E-state index in [4.69, 9.17) is 19.8 Å². The molecule has 4 rings (SSSR count). The van der Waals surface area contributed by atoms with E-state index in [2.05, 4.69) is 22.1 Å². The van der Waals surface area contributed by atoms with Gasteiger partial charge in [-0.1, -0.05) is 30.3 Å². The molecular formula is C21H24N5O3PS. The molecule has 1 aromatic carbocycles. The van der Waals surface area contributed by atoms with E-state index in [9.17, 15) is 4.57 Å². The number of aromatic nitrogens is 4. The second kappa shape index (κ2) is 9.28. The maximum absolute atomic E-state index is 13.2. The molecule has 4 aromatic rings. The Balaban J connectivity index is 1.76. The third-order valence-corrected chi connectivity index (χ3v) is 8.42. The third-order valence-electron chi connectivity index (χ3n) is 4.71. The highest BCUT2D eigenvalue weighted by Gasteiger charge is 2.30. The highest BCUT2D eigenvalue weighted by molar-refractivity contribution is 7.69. The molecule has 31 heavy (non-hydrogen) atoms. The maximum Gasteiger partial charge on any atom is 0.371 e. The number of thiophene rings is 1. The Morgan fingerprint density at radius 1 is 1.06 bits per heavy atom. The lowest BCUT2D eigenvalue weighted by Gasteiger charge is -2.14. The largest absolute Gasteiger partial charge is 0.382 e. The predicted octanol–water partition coefficient (Wildman–Crippen LogP) is 4.27. The fraction of sp³-hybridized carbons (Fsp3) is 0.286. The van der Waals surface area contributed by atoms with Crippen molar-refractivity contribution in [3.63, 3.8) is 0 Å². The van der Waals surface area contributed by atoms with Crippen LogP contribution in [0.15, 0.2) is 48.8 Å². The average molecular weight is 457 g/mol. The standard InChI is InChI=1S/C21H24N5O3PS/c1-3-28-30(27,29-4-2)17-11-10-16(31-17)20-25-18-19(22)23-14-24-21(18)26(20)13-12-15-8-6-5-7-9-15/h5-11,14H,3-4,12-13H2,1-2H3,(H2,22,23,24). The summed E-state index contributed by atoms with van der Waals surface area (Å²) >= 11 is 1.34. The fourth-order valence-electron chi connectivity index (χ4n) is 3.34. The first kappa shape index (κ1) is 21.6. The molecule has 0 aliphatic heterocycles. The number of nitrogen functional groups attached to an aromatic ring is 1. The third kappa shape index (κ3) is 4.41. The molecule has 0 fully saturated rings. The number of rotatable bonds is 9. The quantitative estimate of drug-likeness (QED) is 0.374. The summed E-state index contributed by atoms with van der Waals surface area (Å²) in [5.41, 5.74) is 8.51. The van der Waals surface area contributed by atoms with Gasteiger partial charge in [-0.25, -0.2) is 15.0 Å². The second-order valence-electron chi connectivity index (χ2n) is 6.72. The van der Waals surface area contributed by atoms with Crippen molar-refractivity contribution in [2.75, 3.05) is 18.9 Å². The van der Waals surface area contributed by atoms with Crippen molar-refractivity contribution in [3.8, 4) is 10.7 Å². The first-order chi connectivity index (χ1) is 15.1. The predicted molar refractivity (Wildman–Crippen MR) is 124 cm³/mol. The van der Waals surface area contributed by atoms with Gasteiger partial charge in [0.15, 0.2) is 22.8 Å². The van der Waals surface area contributed by atoms with Crippen molar-refractivity contribution in [2.24, 2.45) is 0 Å². The molecule has 0 spiro atoms. The number of fused-ring (bicyclic) bond motifs is 1. The average Bonchev–Trinajstić information content (AvgIpc) is 3.39. The molecular weight excluding hydrogens is 433 g/mol. The monoisotopic (exact) mass is 457 g/mol. The molecule has 0 bridgehead atoms. The van der Waals surface area contributed by atoms with Crippen LogP contribution in [-0.4, -0.2) is 32.7 Å². The van der Waals surface area contributed by atoms with E-state index in [1.165, 1.54) is 23.2 Å². The molecule has 0 unspecified atom stereocenters. The number of benzene rings is 1. The summed E-state index contributed by atoms with van der Waals surface area (Å²) in [5.74, 6) is 1.03. The van der Waals surface area contributed by atoms with Gasteiger partial charge in [0.25, 0.3) is 0 Å². The van der Waals surface area contributed by atoms with Crippen LogP contribution in [0.3, 0.4) is 0 Å². The van der Waals surface area contributed by atoms with Crippen molar-refractivity contribution in [2.45, 2.75) is 26.8 Å². The fourth-order valence-corrected chi connectivity index (χ4v) is 6.41. The summed E-state index contributed by atoms with van der Waals surface area (Å²) in [6.07, 6.45) is 2.25. The first-order valence-corrected chi connectivity index (χ1v) is 12.4. The minimum absolute atomic E-state index is 0.298. The summed E-state index contributed by atoms with van der Waals surface area (Å²) in [6, 6.07) is 13.9. The summed E-state index contributed by atoms with van der Waals surface area (Å²) in [5, 5.41) is 0. The zero-order valence-corrected chi connectivity index (χ0v) is 19.1. The number of aryl methyl sites for hydroxylation is 2. The summed E-state index contributed by atoms with van der Waals surface area (Å²) in [6.45, 7) is 4.85. The number of imidazole rings is 1. The smallest absolute Gasteiger partial charge is 0.371 e. The normalized spacial score (nSPS) is 11.9. The molecule has 0 atom stereocenters. The Labute approximate surface area is 184 Å². The molecule has 3 heterocycles. The Morgan fingerprint density at radius 3 is 2.52 bits per heavy atom. The summed E-state index contributed by atoms with van der Waals surface area (Å²) in [7, 11) is -3.36. The van der Waals surface area contributed by atoms with Gasteiger partial charge in [0, 0.05) is 6.54 Å². The minimum atomic E-state index is -3.36. The van der Waals surface area contributed by atoms with E-state index in [-0.39, 0.29) is 0 Å². The highest BCUT2D eigenvalue weighted by atomic mass is 32.1. The van der Waals surface area contributed by atoms with Gasteiger partial charge in [-0.15, -0.1) is 11.3 Å². The minimum Gasteiger partial charge on any atom is -0.382 e. The number of nitrogens with zero attached hydrogens (tertiary/aromatic N) is 4. The molecule has 0 saturated heterocycles. The van der Waals surface area contributed by atoms with Gasteiger partial charge in [0.1, 0.15) is 10.9 Å². The summed E-state index contributed by atoms with van der Waals surface area (Å²) < 4.78 is 26.7. The van der Waals surface area contributed by atoms with Crippen LogP contribution in [0.5, 0.6) is 0 Å². The zero-order valence-electron chi connectivity index (χ0n) is 17.4. The molecule has 0 saturated carbocycles. The zero-order chi connectivity index (χ0) is 21.8. The number of hydrogen-bond acceptors (Lipinski definition) is 8. The van der Waals surface area contributed by atoms with E-state index in [1.807, 2.05) is 28.8 Å². The Kier molecular flexibility index (Phi) is 6.48. The van der Waals surface area contributed by atoms with Crippen LogP contribution in [0.2, 0.25) is 0 Å². The van der Waals surface area contributed by atoms with Crippen molar-refractivity contribution in [1.29, 1.82) is 0 Å². The molecule has 10 heteroatoms. The van der Waals surface area contributed by atoms with Crippen LogP contribution in [0.25, 0.3) is 21.9 Å². The summed E-state index contributed by atoms with van der Waals surface area (Å²) in [4.78, 5) is 14.1. The van der Waals surface area contributed by atoms with Crippen LogP contribution in [0.1, 0.15) is 19.4 Å². The first-order valence-electron chi connectivity index (χ1n) is 10.1. The molecule has 3 aromatic heterocycles. The molecule has 0 aliphatic rings. The van der Waals surface area contributed by atoms with E-state index in [1.54, 1.807) is 19.9 Å². The van der Waals surface area contributed by atoms with Gasteiger partial charge >= 0.3 is 7.60 Å². The van der Waals surface area contributed by atoms with Gasteiger partial charge in [0.05, 0.1) is 18.1 Å². The van der Waals surface area contributed by atoms with Gasteiger partial charge < -0.3 is 19.3 Å². The number of anilines is 1. The topological polar surface area (TPSA) is 105 Å². The second-order valence-corrected chi connectivity index (χ2v) is 10.1. The molecule has 0 radical (unpaired) electrons. The Hall–Kier alpha value is -2.58. The molecule has 162 valence electrons. The van der Waals surface area contributed by atoms with E-state index >= 15 is 0 Å². The highest BCUT2D eigenvalue weighted by Crippen LogP contribution is 2.49. The molecule has 0 amide bonds. The van der Waals surface area contributed by atoms with E-state index in [0.29, 0.717) is 47.2 Å².